The Morgan fingerprint density at radius 3 is 2.86 bits per heavy atom. The van der Waals surface area contributed by atoms with Gasteiger partial charge in [-0.2, -0.15) is 13.2 Å². The second kappa shape index (κ2) is 8.09. The predicted molar refractivity (Wildman–Crippen MR) is 78.1 cm³/mol. The molecule has 5 nitrogen and oxygen atoms in total. The van der Waals surface area contributed by atoms with E-state index in [0.717, 1.165) is 16.7 Å². The van der Waals surface area contributed by atoms with Gasteiger partial charge in [0, 0.05) is 18.5 Å². The van der Waals surface area contributed by atoms with Crippen molar-refractivity contribution in [3.05, 3.63) is 16.1 Å². The first-order valence-electron chi connectivity index (χ1n) is 6.57. The van der Waals surface area contributed by atoms with Crippen LogP contribution in [-0.4, -0.2) is 36.7 Å². The minimum atomic E-state index is -4.46. The Kier molecular flexibility index (Phi) is 7.04. The average Bonchev–Trinajstić information content (AvgIpc) is 2.95. The Labute approximate surface area is 136 Å². The quantitative estimate of drug-likeness (QED) is 0.864. The van der Waals surface area contributed by atoms with E-state index in [4.69, 9.17) is 4.74 Å². The number of thiazole rings is 1. The van der Waals surface area contributed by atoms with Gasteiger partial charge in [-0.1, -0.05) is 6.92 Å². The van der Waals surface area contributed by atoms with Gasteiger partial charge in [0.1, 0.15) is 11.1 Å². The number of hydrogen-bond donors (Lipinski definition) is 2. The molecule has 1 aliphatic rings. The molecule has 0 spiro atoms. The zero-order valence-electron chi connectivity index (χ0n) is 11.8. The lowest BCUT2D eigenvalue weighted by molar-refractivity contribution is -0.140. The van der Waals surface area contributed by atoms with Crippen molar-refractivity contribution in [3.8, 4) is 0 Å². The van der Waals surface area contributed by atoms with Crippen LogP contribution in [0, 0.1) is 0 Å². The zero-order chi connectivity index (χ0) is 15.5. The minimum Gasteiger partial charge on any atom is -0.366 e. The molecule has 2 rings (SSSR count). The lowest BCUT2D eigenvalue weighted by Crippen LogP contribution is -2.48. The summed E-state index contributed by atoms with van der Waals surface area (Å²) in [5.41, 5.74) is -0.925. The number of halogens is 4. The second-order valence-corrected chi connectivity index (χ2v) is 5.49. The third-order valence-corrected chi connectivity index (χ3v) is 4.01. The Hall–Kier alpha value is -0.900. The summed E-state index contributed by atoms with van der Waals surface area (Å²) in [6.07, 6.45) is -4.63. The lowest BCUT2D eigenvalue weighted by atomic mass is 10.2. The predicted octanol–water partition coefficient (Wildman–Crippen LogP) is 2.14. The van der Waals surface area contributed by atoms with Crippen LogP contribution < -0.4 is 10.6 Å². The monoisotopic (exact) mass is 359 g/mol. The third kappa shape index (κ3) is 4.80. The number of amides is 1. The van der Waals surface area contributed by atoms with E-state index in [-0.39, 0.29) is 23.3 Å². The van der Waals surface area contributed by atoms with Crippen LogP contribution in [0.25, 0.3) is 0 Å². The van der Waals surface area contributed by atoms with Crippen molar-refractivity contribution < 1.29 is 22.7 Å². The largest absolute Gasteiger partial charge is 0.434 e. The Morgan fingerprint density at radius 1 is 1.64 bits per heavy atom. The fourth-order valence-corrected chi connectivity index (χ4v) is 2.87. The van der Waals surface area contributed by atoms with Crippen molar-refractivity contribution in [1.82, 2.24) is 15.6 Å². The standard InChI is InChI=1S/C12H16F3N3O2S.ClH/c1-2-7(11-18-9(6-21-11)12(13,14)15)17-10(19)8-5-16-3-4-20-8;/h6-8,16H,2-5H2,1H3,(H,17,19);1H. The topological polar surface area (TPSA) is 63.2 Å². The van der Waals surface area contributed by atoms with E-state index in [1.807, 2.05) is 0 Å². The first kappa shape index (κ1) is 19.1. The molecule has 0 aromatic carbocycles. The van der Waals surface area contributed by atoms with Crippen molar-refractivity contribution in [3.63, 3.8) is 0 Å². The number of hydrogen-bond acceptors (Lipinski definition) is 5. The number of alkyl halides is 3. The molecule has 1 fully saturated rings. The van der Waals surface area contributed by atoms with Gasteiger partial charge in [-0.3, -0.25) is 4.79 Å². The molecule has 1 aromatic rings. The van der Waals surface area contributed by atoms with Gasteiger partial charge in [0.05, 0.1) is 12.6 Å². The second-order valence-electron chi connectivity index (χ2n) is 4.60. The molecule has 1 aliphatic heterocycles. The summed E-state index contributed by atoms with van der Waals surface area (Å²) in [5.74, 6) is -0.335. The third-order valence-electron chi connectivity index (χ3n) is 3.06. The number of nitrogens with one attached hydrogen (secondary N) is 2. The van der Waals surface area contributed by atoms with E-state index in [1.165, 1.54) is 0 Å². The van der Waals surface area contributed by atoms with Crippen LogP contribution in [0.15, 0.2) is 5.38 Å². The number of ether oxygens (including phenoxy) is 1. The smallest absolute Gasteiger partial charge is 0.366 e. The van der Waals surface area contributed by atoms with E-state index >= 15 is 0 Å². The molecular weight excluding hydrogens is 343 g/mol. The molecule has 10 heteroatoms. The molecule has 1 saturated heterocycles. The highest BCUT2D eigenvalue weighted by molar-refractivity contribution is 7.09. The van der Waals surface area contributed by atoms with Crippen LogP contribution >= 0.6 is 23.7 Å². The van der Waals surface area contributed by atoms with Crippen LogP contribution in [0.2, 0.25) is 0 Å². The van der Waals surface area contributed by atoms with Gasteiger partial charge in [0.15, 0.2) is 5.69 Å². The summed E-state index contributed by atoms with van der Waals surface area (Å²) in [6, 6.07) is -0.538. The van der Waals surface area contributed by atoms with Gasteiger partial charge in [-0.25, -0.2) is 4.98 Å². The molecule has 1 aromatic heterocycles. The molecule has 126 valence electrons. The van der Waals surface area contributed by atoms with Crippen LogP contribution in [0.4, 0.5) is 13.2 Å². The van der Waals surface area contributed by atoms with E-state index in [9.17, 15) is 18.0 Å². The first-order valence-corrected chi connectivity index (χ1v) is 7.45. The van der Waals surface area contributed by atoms with Gasteiger partial charge < -0.3 is 15.4 Å². The number of nitrogens with zero attached hydrogens (tertiary/aromatic N) is 1. The van der Waals surface area contributed by atoms with Gasteiger partial charge >= 0.3 is 6.18 Å². The van der Waals surface area contributed by atoms with Gasteiger partial charge in [-0.15, -0.1) is 23.7 Å². The summed E-state index contributed by atoms with van der Waals surface area (Å²) in [4.78, 5) is 15.6. The van der Waals surface area contributed by atoms with E-state index in [2.05, 4.69) is 15.6 Å². The van der Waals surface area contributed by atoms with E-state index < -0.39 is 24.0 Å². The Balaban J connectivity index is 0.00000242. The summed E-state index contributed by atoms with van der Waals surface area (Å²) in [5, 5.41) is 6.93. The van der Waals surface area contributed by atoms with E-state index in [0.29, 0.717) is 26.1 Å². The molecular formula is C12H17ClF3N3O2S. The van der Waals surface area contributed by atoms with Crippen molar-refractivity contribution in [2.45, 2.75) is 31.7 Å². The Bertz CT molecular complexity index is 492. The van der Waals surface area contributed by atoms with Gasteiger partial charge in [0.25, 0.3) is 5.91 Å². The zero-order valence-corrected chi connectivity index (χ0v) is 13.4. The van der Waals surface area contributed by atoms with Crippen LogP contribution in [0.3, 0.4) is 0 Å². The van der Waals surface area contributed by atoms with Crippen molar-refractivity contribution >= 4 is 29.7 Å². The molecule has 2 N–H and O–H groups in total. The molecule has 0 bridgehead atoms. The van der Waals surface area contributed by atoms with E-state index in [1.54, 1.807) is 6.92 Å². The van der Waals surface area contributed by atoms with Crippen LogP contribution in [0.1, 0.15) is 30.1 Å². The number of carbonyl (C=O) groups excluding carboxylic acids is 1. The highest BCUT2D eigenvalue weighted by Crippen LogP contribution is 2.32. The molecule has 0 aliphatic carbocycles. The molecule has 2 unspecified atom stereocenters. The summed E-state index contributed by atoms with van der Waals surface area (Å²) in [7, 11) is 0. The fourth-order valence-electron chi connectivity index (χ4n) is 1.91. The van der Waals surface area contributed by atoms with Gasteiger partial charge in [0.2, 0.25) is 0 Å². The van der Waals surface area contributed by atoms with Gasteiger partial charge in [-0.05, 0) is 6.42 Å². The van der Waals surface area contributed by atoms with Crippen molar-refractivity contribution in [2.24, 2.45) is 0 Å². The molecule has 22 heavy (non-hydrogen) atoms. The van der Waals surface area contributed by atoms with Crippen LogP contribution in [-0.2, 0) is 15.7 Å². The average molecular weight is 360 g/mol. The SMILES string of the molecule is CCC(NC(=O)C1CNCCO1)c1nc(C(F)(F)F)cs1.Cl. The minimum absolute atomic E-state index is 0. The highest BCUT2D eigenvalue weighted by atomic mass is 35.5. The maximum atomic E-state index is 12.6. The number of rotatable bonds is 4. The summed E-state index contributed by atoms with van der Waals surface area (Å²) in [6.45, 7) is 3.29. The molecule has 2 atom stereocenters. The van der Waals surface area contributed by atoms with Crippen molar-refractivity contribution in [1.29, 1.82) is 0 Å². The highest BCUT2D eigenvalue weighted by Gasteiger charge is 2.35. The fraction of sp³-hybridized carbons (Fsp3) is 0.667. The number of morpholine rings is 1. The van der Waals surface area contributed by atoms with Crippen molar-refractivity contribution in [2.75, 3.05) is 19.7 Å². The Morgan fingerprint density at radius 2 is 2.36 bits per heavy atom. The summed E-state index contributed by atoms with van der Waals surface area (Å²) >= 11 is 0.895. The number of aromatic nitrogens is 1. The number of carbonyl (C=O) groups is 1. The maximum Gasteiger partial charge on any atom is 0.434 e. The first-order chi connectivity index (χ1) is 9.91. The lowest BCUT2D eigenvalue weighted by Gasteiger charge is -2.24. The molecule has 1 amide bonds. The molecule has 2 heterocycles. The molecule has 0 radical (unpaired) electrons. The normalized spacial score (nSPS) is 20.1. The maximum absolute atomic E-state index is 12.6. The molecule has 0 saturated carbocycles. The van der Waals surface area contributed by atoms with Crippen LogP contribution in [0.5, 0.6) is 0 Å². The summed E-state index contributed by atoms with van der Waals surface area (Å²) < 4.78 is 43.0.